The molecule has 6 rings (SSSR count). The normalized spacial score (nSPS) is 14.4. The molecule has 42 heavy (non-hydrogen) atoms. The Balaban J connectivity index is 1.39. The van der Waals surface area contributed by atoms with Gasteiger partial charge in [0.1, 0.15) is 5.82 Å². The number of aromatic amines is 1. The summed E-state index contributed by atoms with van der Waals surface area (Å²) in [7, 11) is 0. The van der Waals surface area contributed by atoms with Crippen LogP contribution in [0.5, 0.6) is 0 Å². The third-order valence-corrected chi connectivity index (χ3v) is 8.61. The molecule has 8 heteroatoms. The molecule has 3 N–H and O–H groups in total. The standard InChI is InChI=1S/C34H38N6O2/c1-5-22(3)40-20-21(2)32-28(33(41)37-19-29-27-9-7-6-8-26(27)23(4)38-34(29)42)16-25(17-30(32)40)24-10-11-31(36-18-24)39-14-12-35-13-15-39/h6-11,16-18,20,22,35H,5,12-15,19H2,1-4H3,(H,37,41)(H,38,42). The molecule has 3 aromatic heterocycles. The molecule has 1 aliphatic rings. The zero-order valence-electron chi connectivity index (χ0n) is 24.8. The molecule has 0 saturated carbocycles. The van der Waals surface area contributed by atoms with Crippen LogP contribution in [0.4, 0.5) is 5.82 Å². The predicted molar refractivity (Wildman–Crippen MR) is 170 cm³/mol. The van der Waals surface area contributed by atoms with Gasteiger partial charge < -0.3 is 25.1 Å². The van der Waals surface area contributed by atoms with Crippen molar-refractivity contribution in [1.82, 2.24) is 25.2 Å². The van der Waals surface area contributed by atoms with E-state index in [-0.39, 0.29) is 24.1 Å². The van der Waals surface area contributed by atoms with E-state index in [4.69, 9.17) is 4.98 Å². The van der Waals surface area contributed by atoms with Crippen LogP contribution in [0.2, 0.25) is 0 Å². The number of amides is 1. The molecular weight excluding hydrogens is 524 g/mol. The van der Waals surface area contributed by atoms with Crippen molar-refractivity contribution >= 4 is 33.4 Å². The number of hydrogen-bond acceptors (Lipinski definition) is 5. The Bertz CT molecular complexity index is 1830. The van der Waals surface area contributed by atoms with Gasteiger partial charge in [0.15, 0.2) is 0 Å². The number of aryl methyl sites for hydroxylation is 2. The van der Waals surface area contributed by atoms with Gasteiger partial charge in [0.2, 0.25) is 0 Å². The van der Waals surface area contributed by atoms with Crippen LogP contribution < -0.4 is 21.1 Å². The molecular formula is C34H38N6O2. The first-order valence-electron chi connectivity index (χ1n) is 14.8. The van der Waals surface area contributed by atoms with Gasteiger partial charge in [-0.25, -0.2) is 4.98 Å². The maximum atomic E-state index is 13.9. The summed E-state index contributed by atoms with van der Waals surface area (Å²) in [6.45, 7) is 12.2. The van der Waals surface area contributed by atoms with Gasteiger partial charge in [-0.05, 0) is 68.0 Å². The first-order chi connectivity index (χ1) is 20.4. The Hall–Kier alpha value is -4.43. The van der Waals surface area contributed by atoms with Crippen LogP contribution in [0.3, 0.4) is 0 Å². The molecule has 8 nitrogen and oxygen atoms in total. The predicted octanol–water partition coefficient (Wildman–Crippen LogP) is 5.47. The van der Waals surface area contributed by atoms with Crippen molar-refractivity contribution in [1.29, 1.82) is 0 Å². The van der Waals surface area contributed by atoms with Crippen LogP contribution in [0.25, 0.3) is 32.8 Å². The fraction of sp³-hybridized carbons (Fsp3) is 0.324. The monoisotopic (exact) mass is 562 g/mol. The summed E-state index contributed by atoms with van der Waals surface area (Å²) in [6.07, 6.45) is 5.02. The number of rotatable bonds is 7. The zero-order valence-corrected chi connectivity index (χ0v) is 24.8. The average Bonchev–Trinajstić information content (AvgIpc) is 3.36. The average molecular weight is 563 g/mol. The molecule has 1 unspecified atom stereocenters. The van der Waals surface area contributed by atoms with E-state index in [9.17, 15) is 9.59 Å². The Morgan fingerprint density at radius 1 is 1.05 bits per heavy atom. The summed E-state index contributed by atoms with van der Waals surface area (Å²) in [5.41, 5.74) is 5.76. The fourth-order valence-corrected chi connectivity index (χ4v) is 6.08. The molecule has 0 aliphatic carbocycles. The summed E-state index contributed by atoms with van der Waals surface area (Å²) < 4.78 is 2.27. The van der Waals surface area contributed by atoms with Crippen LogP contribution in [0, 0.1) is 13.8 Å². The maximum Gasteiger partial charge on any atom is 0.253 e. The van der Waals surface area contributed by atoms with Crippen molar-refractivity contribution in [2.45, 2.75) is 46.7 Å². The van der Waals surface area contributed by atoms with E-state index in [0.29, 0.717) is 11.1 Å². The minimum absolute atomic E-state index is 0.132. The number of nitrogens with zero attached hydrogens (tertiary/aromatic N) is 3. The van der Waals surface area contributed by atoms with Crippen LogP contribution in [-0.2, 0) is 6.54 Å². The highest BCUT2D eigenvalue weighted by Gasteiger charge is 2.21. The molecule has 216 valence electrons. The lowest BCUT2D eigenvalue weighted by Gasteiger charge is -2.28. The topological polar surface area (TPSA) is 95.0 Å². The van der Waals surface area contributed by atoms with Gasteiger partial charge >= 0.3 is 0 Å². The molecule has 1 amide bonds. The van der Waals surface area contributed by atoms with Gasteiger partial charge in [0.05, 0.1) is 0 Å². The number of pyridine rings is 2. The SMILES string of the molecule is CCC(C)n1cc(C)c2c(C(=O)NCc3c(=O)[nH]c(C)c4ccccc34)cc(-c3ccc(N4CCNCC4)nc3)cc21. The Labute approximate surface area is 245 Å². The van der Waals surface area contributed by atoms with E-state index in [2.05, 4.69) is 70.3 Å². The summed E-state index contributed by atoms with van der Waals surface area (Å²) in [5.74, 6) is 0.759. The maximum absolute atomic E-state index is 13.9. The number of H-pyrrole nitrogens is 1. The number of benzene rings is 2. The van der Waals surface area contributed by atoms with E-state index < -0.39 is 0 Å². The Morgan fingerprint density at radius 2 is 1.81 bits per heavy atom. The van der Waals surface area contributed by atoms with E-state index in [1.807, 2.05) is 43.5 Å². The highest BCUT2D eigenvalue weighted by molar-refractivity contribution is 6.09. The minimum atomic E-state index is -0.207. The largest absolute Gasteiger partial charge is 0.354 e. The molecule has 4 heterocycles. The molecule has 2 aromatic carbocycles. The summed E-state index contributed by atoms with van der Waals surface area (Å²) in [6, 6.07) is 16.4. The van der Waals surface area contributed by atoms with Crippen molar-refractivity contribution in [2.24, 2.45) is 0 Å². The molecule has 0 radical (unpaired) electrons. The number of aromatic nitrogens is 3. The van der Waals surface area contributed by atoms with E-state index in [1.54, 1.807) is 0 Å². The fourth-order valence-electron chi connectivity index (χ4n) is 6.08. The van der Waals surface area contributed by atoms with Crippen molar-refractivity contribution in [2.75, 3.05) is 31.1 Å². The number of carbonyl (C=O) groups excluding carboxylic acids is 1. The van der Waals surface area contributed by atoms with Gasteiger partial charge in [-0.15, -0.1) is 0 Å². The second kappa shape index (κ2) is 11.4. The number of nitrogens with one attached hydrogen (secondary N) is 3. The minimum Gasteiger partial charge on any atom is -0.354 e. The molecule has 0 spiro atoms. The quantitative estimate of drug-likeness (QED) is 0.245. The lowest BCUT2D eigenvalue weighted by atomic mass is 9.98. The smallest absolute Gasteiger partial charge is 0.253 e. The third-order valence-electron chi connectivity index (χ3n) is 8.61. The van der Waals surface area contributed by atoms with Gasteiger partial charge in [-0.3, -0.25) is 9.59 Å². The first kappa shape index (κ1) is 27.7. The highest BCUT2D eigenvalue weighted by Crippen LogP contribution is 2.34. The number of hydrogen-bond donors (Lipinski definition) is 3. The van der Waals surface area contributed by atoms with E-state index in [1.165, 1.54) is 0 Å². The lowest BCUT2D eigenvalue weighted by molar-refractivity contribution is 0.0952. The summed E-state index contributed by atoms with van der Waals surface area (Å²) in [5, 5.41) is 9.22. The lowest BCUT2D eigenvalue weighted by Crippen LogP contribution is -2.43. The Morgan fingerprint density at radius 3 is 2.52 bits per heavy atom. The first-order valence-corrected chi connectivity index (χ1v) is 14.8. The number of piperazine rings is 1. The van der Waals surface area contributed by atoms with Crippen LogP contribution in [0.1, 0.15) is 53.5 Å². The molecule has 1 atom stereocenters. The van der Waals surface area contributed by atoms with Gasteiger partial charge in [0.25, 0.3) is 11.5 Å². The van der Waals surface area contributed by atoms with Crippen LogP contribution in [0.15, 0.2) is 65.7 Å². The van der Waals surface area contributed by atoms with Crippen molar-refractivity contribution in [3.05, 3.63) is 93.7 Å². The molecule has 1 aliphatic heterocycles. The molecule has 1 fully saturated rings. The van der Waals surface area contributed by atoms with Gasteiger partial charge in [-0.2, -0.15) is 0 Å². The molecule has 5 aromatic rings. The van der Waals surface area contributed by atoms with Crippen LogP contribution >= 0.6 is 0 Å². The Kier molecular flexibility index (Phi) is 7.56. The summed E-state index contributed by atoms with van der Waals surface area (Å²) >= 11 is 0. The molecule has 1 saturated heterocycles. The zero-order chi connectivity index (χ0) is 29.4. The number of carbonyl (C=O) groups is 1. The second-order valence-corrected chi connectivity index (χ2v) is 11.3. The highest BCUT2D eigenvalue weighted by atomic mass is 16.1. The van der Waals surface area contributed by atoms with E-state index in [0.717, 1.165) is 82.5 Å². The van der Waals surface area contributed by atoms with Crippen molar-refractivity contribution < 1.29 is 4.79 Å². The van der Waals surface area contributed by atoms with Crippen LogP contribution in [-0.4, -0.2) is 46.6 Å². The second-order valence-electron chi connectivity index (χ2n) is 11.3. The number of anilines is 1. The summed E-state index contributed by atoms with van der Waals surface area (Å²) in [4.78, 5) is 36.9. The van der Waals surface area contributed by atoms with E-state index >= 15 is 0 Å². The van der Waals surface area contributed by atoms with Crippen molar-refractivity contribution in [3.8, 4) is 11.1 Å². The van der Waals surface area contributed by atoms with Gasteiger partial charge in [0, 0.05) is 89.8 Å². The molecule has 0 bridgehead atoms. The van der Waals surface area contributed by atoms with Gasteiger partial charge in [-0.1, -0.05) is 31.2 Å². The third kappa shape index (κ3) is 5.07. The van der Waals surface area contributed by atoms with Crippen molar-refractivity contribution in [3.63, 3.8) is 0 Å². The number of fused-ring (bicyclic) bond motifs is 2.